The third-order valence-electron chi connectivity index (χ3n) is 3.25. The fourth-order valence-electron chi connectivity index (χ4n) is 2.31. The number of aryl methyl sites for hydroxylation is 1. The van der Waals surface area contributed by atoms with E-state index >= 15 is 0 Å². The predicted molar refractivity (Wildman–Crippen MR) is 75.4 cm³/mol. The molecule has 1 saturated heterocycles. The van der Waals surface area contributed by atoms with Crippen molar-refractivity contribution in [1.29, 1.82) is 0 Å². The Hall–Kier alpha value is -0.800. The molecule has 0 saturated carbocycles. The highest BCUT2D eigenvalue weighted by Gasteiger charge is 2.20. The lowest BCUT2D eigenvalue weighted by Gasteiger charge is -2.34. The average Bonchev–Trinajstić information content (AvgIpc) is 2.39. The fourth-order valence-corrected chi connectivity index (χ4v) is 2.46. The molecule has 3 nitrogen and oxygen atoms in total. The maximum absolute atomic E-state index is 5.98. The molecule has 1 aliphatic heterocycles. The van der Waals surface area contributed by atoms with Gasteiger partial charge in [-0.3, -0.25) is 0 Å². The molecule has 1 aromatic rings. The Labute approximate surface area is 114 Å². The van der Waals surface area contributed by atoms with E-state index in [1.54, 1.807) is 0 Å². The second-order valence-corrected chi connectivity index (χ2v) is 5.09. The smallest absolute Gasteiger partial charge is 0.129 e. The summed E-state index contributed by atoms with van der Waals surface area (Å²) in [6.07, 6.45) is 2.12. The van der Waals surface area contributed by atoms with Gasteiger partial charge < -0.3 is 9.64 Å². The number of morpholine rings is 1. The molecular formula is C14H21ClN2O. The minimum atomic E-state index is 0.381. The Bertz CT molecular complexity index is 397. The molecule has 2 rings (SSSR count). The van der Waals surface area contributed by atoms with Gasteiger partial charge in [-0.2, -0.15) is 0 Å². The molecule has 18 heavy (non-hydrogen) atoms. The van der Waals surface area contributed by atoms with Gasteiger partial charge in [-0.25, -0.2) is 4.98 Å². The van der Waals surface area contributed by atoms with Crippen molar-refractivity contribution in [2.24, 2.45) is 0 Å². The summed E-state index contributed by atoms with van der Waals surface area (Å²) in [7, 11) is 0. The highest BCUT2D eigenvalue weighted by atomic mass is 35.5. The first-order chi connectivity index (χ1) is 8.74. The molecule has 0 bridgehead atoms. The van der Waals surface area contributed by atoms with E-state index in [9.17, 15) is 0 Å². The summed E-state index contributed by atoms with van der Waals surface area (Å²) < 4.78 is 5.47. The van der Waals surface area contributed by atoms with Crippen LogP contribution in [-0.4, -0.2) is 30.8 Å². The predicted octanol–water partition coefficient (Wildman–Crippen LogP) is 3.00. The van der Waals surface area contributed by atoms with Crippen molar-refractivity contribution < 1.29 is 4.74 Å². The number of hydrogen-bond acceptors (Lipinski definition) is 3. The van der Waals surface area contributed by atoms with Crippen molar-refractivity contribution in [3.05, 3.63) is 23.4 Å². The number of anilines is 1. The number of pyridine rings is 1. The molecule has 0 amide bonds. The summed E-state index contributed by atoms with van der Waals surface area (Å²) in [5, 5.41) is 0. The highest BCUT2D eigenvalue weighted by Crippen LogP contribution is 2.21. The zero-order chi connectivity index (χ0) is 13.0. The van der Waals surface area contributed by atoms with Crippen LogP contribution >= 0.6 is 11.6 Å². The molecule has 1 fully saturated rings. The van der Waals surface area contributed by atoms with Crippen LogP contribution in [0.4, 0.5) is 5.82 Å². The molecular weight excluding hydrogens is 248 g/mol. The van der Waals surface area contributed by atoms with Gasteiger partial charge in [-0.15, -0.1) is 11.6 Å². The molecule has 0 aromatic carbocycles. The van der Waals surface area contributed by atoms with Crippen LogP contribution in [0, 0.1) is 0 Å². The number of nitrogens with zero attached hydrogens (tertiary/aromatic N) is 2. The lowest BCUT2D eigenvalue weighted by atomic mass is 10.1. The number of rotatable bonds is 4. The van der Waals surface area contributed by atoms with Crippen LogP contribution in [0.2, 0.25) is 0 Å². The minimum absolute atomic E-state index is 0.381. The molecule has 0 aliphatic carbocycles. The van der Waals surface area contributed by atoms with E-state index in [0.717, 1.165) is 49.7 Å². The Kier molecular flexibility index (Phi) is 4.84. The maximum atomic E-state index is 5.98. The number of halogens is 1. The first-order valence-corrected chi connectivity index (χ1v) is 7.18. The van der Waals surface area contributed by atoms with Crippen LogP contribution < -0.4 is 4.90 Å². The highest BCUT2D eigenvalue weighted by molar-refractivity contribution is 6.17. The molecule has 4 heteroatoms. The SMILES string of the molecule is CCCc1cc(CCl)cc(N2CCOCC2C)n1. The second kappa shape index (κ2) is 6.39. The second-order valence-electron chi connectivity index (χ2n) is 4.83. The topological polar surface area (TPSA) is 25.4 Å². The fraction of sp³-hybridized carbons (Fsp3) is 0.643. The van der Waals surface area contributed by atoms with Crippen molar-refractivity contribution in [3.8, 4) is 0 Å². The zero-order valence-corrected chi connectivity index (χ0v) is 11.9. The van der Waals surface area contributed by atoms with Gasteiger partial charge >= 0.3 is 0 Å². The third kappa shape index (κ3) is 3.15. The average molecular weight is 269 g/mol. The first kappa shape index (κ1) is 13.6. The van der Waals surface area contributed by atoms with E-state index in [1.807, 2.05) is 0 Å². The van der Waals surface area contributed by atoms with Crippen LogP contribution in [-0.2, 0) is 17.0 Å². The van der Waals surface area contributed by atoms with Crippen LogP contribution in [0.3, 0.4) is 0 Å². The molecule has 2 heterocycles. The normalized spacial score (nSPS) is 20.2. The van der Waals surface area contributed by atoms with Gasteiger partial charge in [0, 0.05) is 18.1 Å². The summed E-state index contributed by atoms with van der Waals surface area (Å²) in [4.78, 5) is 7.08. The van der Waals surface area contributed by atoms with Gasteiger partial charge in [-0.1, -0.05) is 13.3 Å². The number of ether oxygens (including phenoxy) is 1. The molecule has 100 valence electrons. The van der Waals surface area contributed by atoms with Crippen molar-refractivity contribution in [2.75, 3.05) is 24.7 Å². The standard InChI is InChI=1S/C14H21ClN2O/c1-3-4-13-7-12(9-15)8-14(16-13)17-5-6-18-10-11(17)2/h7-8,11H,3-6,9-10H2,1-2H3. The summed E-state index contributed by atoms with van der Waals surface area (Å²) in [6, 6.07) is 4.60. The summed E-state index contributed by atoms with van der Waals surface area (Å²) >= 11 is 5.98. The van der Waals surface area contributed by atoms with Crippen molar-refractivity contribution in [1.82, 2.24) is 4.98 Å². The number of alkyl halides is 1. The van der Waals surface area contributed by atoms with Gasteiger partial charge in [0.1, 0.15) is 5.82 Å². The quantitative estimate of drug-likeness (QED) is 0.785. The van der Waals surface area contributed by atoms with E-state index in [4.69, 9.17) is 21.3 Å². The van der Waals surface area contributed by atoms with Crippen LogP contribution in [0.15, 0.2) is 12.1 Å². The Morgan fingerprint density at radius 3 is 3.00 bits per heavy atom. The molecule has 0 N–H and O–H groups in total. The van der Waals surface area contributed by atoms with Crippen molar-refractivity contribution in [2.45, 2.75) is 38.6 Å². The van der Waals surface area contributed by atoms with Gasteiger partial charge in [0.15, 0.2) is 0 Å². The van der Waals surface area contributed by atoms with Crippen LogP contribution in [0.25, 0.3) is 0 Å². The molecule has 1 aliphatic rings. The zero-order valence-electron chi connectivity index (χ0n) is 11.2. The van der Waals surface area contributed by atoms with Gasteiger partial charge in [-0.05, 0) is 31.0 Å². The number of aromatic nitrogens is 1. The lowest BCUT2D eigenvalue weighted by molar-refractivity contribution is 0.0985. The molecule has 1 aromatic heterocycles. The number of hydrogen-bond donors (Lipinski definition) is 0. The van der Waals surface area contributed by atoms with Gasteiger partial charge in [0.05, 0.1) is 19.3 Å². The van der Waals surface area contributed by atoms with Gasteiger partial charge in [0.2, 0.25) is 0 Å². The maximum Gasteiger partial charge on any atom is 0.129 e. The lowest BCUT2D eigenvalue weighted by Crippen LogP contribution is -2.44. The Morgan fingerprint density at radius 1 is 1.50 bits per heavy atom. The molecule has 0 radical (unpaired) electrons. The van der Waals surface area contributed by atoms with E-state index in [1.165, 1.54) is 0 Å². The Balaban J connectivity index is 2.27. The third-order valence-corrected chi connectivity index (χ3v) is 3.56. The van der Waals surface area contributed by atoms with E-state index in [0.29, 0.717) is 11.9 Å². The largest absolute Gasteiger partial charge is 0.377 e. The van der Waals surface area contributed by atoms with Crippen molar-refractivity contribution in [3.63, 3.8) is 0 Å². The molecule has 1 unspecified atom stereocenters. The summed E-state index contributed by atoms with van der Waals surface area (Å²) in [6.45, 7) is 6.81. The van der Waals surface area contributed by atoms with Crippen LogP contribution in [0.5, 0.6) is 0 Å². The van der Waals surface area contributed by atoms with E-state index in [-0.39, 0.29) is 0 Å². The Morgan fingerprint density at radius 2 is 2.33 bits per heavy atom. The van der Waals surface area contributed by atoms with E-state index in [2.05, 4.69) is 30.9 Å². The monoisotopic (exact) mass is 268 g/mol. The van der Waals surface area contributed by atoms with E-state index < -0.39 is 0 Å². The van der Waals surface area contributed by atoms with Crippen molar-refractivity contribution >= 4 is 17.4 Å². The van der Waals surface area contributed by atoms with Gasteiger partial charge in [0.25, 0.3) is 0 Å². The summed E-state index contributed by atoms with van der Waals surface area (Å²) in [5.74, 6) is 1.60. The molecule has 1 atom stereocenters. The molecule has 0 spiro atoms. The first-order valence-electron chi connectivity index (χ1n) is 6.64. The minimum Gasteiger partial charge on any atom is -0.377 e. The summed E-state index contributed by atoms with van der Waals surface area (Å²) in [5.41, 5.74) is 2.30. The van der Waals surface area contributed by atoms with Crippen LogP contribution in [0.1, 0.15) is 31.5 Å².